The van der Waals surface area contributed by atoms with E-state index in [1.807, 2.05) is 68.7 Å². The summed E-state index contributed by atoms with van der Waals surface area (Å²) in [7, 11) is 1.69. The van der Waals surface area contributed by atoms with E-state index in [1.165, 1.54) is 13.1 Å². The van der Waals surface area contributed by atoms with Crippen molar-refractivity contribution in [2.45, 2.75) is 13.1 Å². The van der Waals surface area contributed by atoms with Crippen molar-refractivity contribution in [2.75, 3.05) is 27.7 Å². The van der Waals surface area contributed by atoms with Gasteiger partial charge in [-0.2, -0.15) is 4.31 Å². The van der Waals surface area contributed by atoms with E-state index in [-0.39, 0.29) is 12.5 Å². The lowest BCUT2D eigenvalue weighted by molar-refractivity contribution is -0.121. The Bertz CT molecular complexity index is 910. The third-order valence-corrected chi connectivity index (χ3v) is 5.59. The summed E-state index contributed by atoms with van der Waals surface area (Å²) in [5, 5.41) is 3.91. The average molecular weight is 402 g/mol. The van der Waals surface area contributed by atoms with E-state index < -0.39 is 10.0 Å². The molecule has 6 nitrogen and oxygen atoms in total. The fraction of sp³-hybridized carbons (Fsp3) is 0.286. The number of rotatable bonds is 9. The van der Waals surface area contributed by atoms with E-state index in [0.717, 1.165) is 32.9 Å². The van der Waals surface area contributed by atoms with Crippen LogP contribution in [0.1, 0.15) is 16.7 Å². The third kappa shape index (κ3) is 6.92. The molecule has 0 spiro atoms. The molecular weight excluding hydrogens is 374 g/mol. The Morgan fingerprint density at radius 2 is 1.57 bits per heavy atom. The molecule has 1 amide bonds. The zero-order valence-electron chi connectivity index (χ0n) is 16.5. The molecule has 2 rings (SSSR count). The van der Waals surface area contributed by atoms with Gasteiger partial charge in [-0.1, -0.05) is 54.6 Å². The van der Waals surface area contributed by atoms with Crippen LogP contribution in [0, 0.1) is 0 Å². The predicted octanol–water partition coefficient (Wildman–Crippen LogP) is 2.30. The van der Waals surface area contributed by atoms with Gasteiger partial charge in [0.2, 0.25) is 15.9 Å². The molecular formula is C21H27N3O3S. The average Bonchev–Trinajstić information content (AvgIpc) is 2.66. The Labute approximate surface area is 167 Å². The van der Waals surface area contributed by atoms with Gasteiger partial charge in [0.15, 0.2) is 0 Å². The van der Waals surface area contributed by atoms with Crippen LogP contribution in [0.3, 0.4) is 0 Å². The smallest absolute Gasteiger partial charge is 0.236 e. The van der Waals surface area contributed by atoms with Crippen molar-refractivity contribution in [3.8, 4) is 0 Å². The molecule has 2 aromatic rings. The second-order valence-electron chi connectivity index (χ2n) is 6.80. The van der Waals surface area contributed by atoms with Crippen LogP contribution < -0.4 is 5.32 Å². The fourth-order valence-corrected chi connectivity index (χ4v) is 3.43. The normalized spacial score (nSPS) is 12.0. The van der Waals surface area contributed by atoms with Gasteiger partial charge in [0.25, 0.3) is 0 Å². The highest BCUT2D eigenvalue weighted by molar-refractivity contribution is 7.92. The molecule has 28 heavy (non-hydrogen) atoms. The van der Waals surface area contributed by atoms with Crippen molar-refractivity contribution >= 4 is 22.0 Å². The van der Waals surface area contributed by atoms with Crippen LogP contribution in [0.25, 0.3) is 6.08 Å². The topological polar surface area (TPSA) is 69.7 Å². The van der Waals surface area contributed by atoms with Gasteiger partial charge < -0.3 is 10.2 Å². The van der Waals surface area contributed by atoms with E-state index >= 15 is 0 Å². The number of amides is 1. The molecule has 0 aromatic heterocycles. The quantitative estimate of drug-likeness (QED) is 0.700. The summed E-state index contributed by atoms with van der Waals surface area (Å²) in [4.78, 5) is 14.3. The molecule has 0 unspecified atom stereocenters. The largest absolute Gasteiger partial charge is 0.351 e. The van der Waals surface area contributed by atoms with Crippen molar-refractivity contribution in [3.05, 3.63) is 76.7 Å². The summed E-state index contributed by atoms with van der Waals surface area (Å²) >= 11 is 0. The number of carbonyl (C=O) groups is 1. The number of benzene rings is 2. The zero-order chi connectivity index (χ0) is 20.6. The molecule has 0 aliphatic carbocycles. The minimum atomic E-state index is -3.68. The summed E-state index contributed by atoms with van der Waals surface area (Å²) in [6.07, 6.45) is 1.52. The first kappa shape index (κ1) is 21.8. The Morgan fingerprint density at radius 3 is 2.21 bits per heavy atom. The van der Waals surface area contributed by atoms with Gasteiger partial charge in [0.05, 0.1) is 6.54 Å². The maximum Gasteiger partial charge on any atom is 0.236 e. The first-order chi connectivity index (χ1) is 13.3. The molecule has 2 aromatic carbocycles. The van der Waals surface area contributed by atoms with Crippen LogP contribution in [0.4, 0.5) is 0 Å². The van der Waals surface area contributed by atoms with E-state index in [0.29, 0.717) is 6.54 Å². The fourth-order valence-electron chi connectivity index (χ4n) is 2.60. The number of carbonyl (C=O) groups excluding carboxylic acids is 1. The van der Waals surface area contributed by atoms with Crippen molar-refractivity contribution in [3.63, 3.8) is 0 Å². The van der Waals surface area contributed by atoms with Gasteiger partial charge in [-0.3, -0.25) is 4.79 Å². The van der Waals surface area contributed by atoms with Gasteiger partial charge in [-0.25, -0.2) is 8.42 Å². The number of nitrogens with zero attached hydrogens (tertiary/aromatic N) is 2. The minimum absolute atomic E-state index is 0.239. The Balaban J connectivity index is 1.93. The monoisotopic (exact) mass is 401 g/mol. The number of hydrogen-bond acceptors (Lipinski definition) is 4. The summed E-state index contributed by atoms with van der Waals surface area (Å²) in [6.45, 7) is 0.887. The van der Waals surface area contributed by atoms with Crippen LogP contribution >= 0.6 is 0 Å². The minimum Gasteiger partial charge on any atom is -0.351 e. The van der Waals surface area contributed by atoms with Crippen molar-refractivity contribution in [2.24, 2.45) is 0 Å². The highest BCUT2D eigenvalue weighted by atomic mass is 32.2. The molecule has 1 N–H and O–H groups in total. The lowest BCUT2D eigenvalue weighted by Crippen LogP contribution is -2.37. The highest BCUT2D eigenvalue weighted by Gasteiger charge is 2.17. The summed E-state index contributed by atoms with van der Waals surface area (Å²) in [5.74, 6) is -0.348. The van der Waals surface area contributed by atoms with E-state index in [1.54, 1.807) is 0 Å². The van der Waals surface area contributed by atoms with Gasteiger partial charge in [-0.15, -0.1) is 0 Å². The molecule has 0 radical (unpaired) electrons. The Hall–Kier alpha value is -2.48. The SMILES string of the molecule is CN(C)Cc1ccccc1CNC(=O)CN(C)S(=O)(=O)/C=C/c1ccccc1. The molecule has 0 aliphatic rings. The van der Waals surface area contributed by atoms with Crippen LogP contribution in [0.5, 0.6) is 0 Å². The molecule has 0 heterocycles. The van der Waals surface area contributed by atoms with Gasteiger partial charge >= 0.3 is 0 Å². The maximum absolute atomic E-state index is 12.3. The van der Waals surface area contributed by atoms with E-state index in [9.17, 15) is 13.2 Å². The summed E-state index contributed by atoms with van der Waals surface area (Å²) in [5.41, 5.74) is 2.92. The molecule has 0 aliphatic heterocycles. The molecule has 0 fully saturated rings. The maximum atomic E-state index is 12.3. The molecule has 0 saturated heterocycles. The standard InChI is InChI=1S/C21H27N3O3S/c1-23(2)16-20-12-8-7-11-19(20)15-22-21(25)17-24(3)28(26,27)14-13-18-9-5-4-6-10-18/h4-14H,15-17H2,1-3H3,(H,22,25)/b14-13+. The van der Waals surface area contributed by atoms with Crippen LogP contribution in [-0.2, 0) is 27.9 Å². The third-order valence-electron chi connectivity index (χ3n) is 4.11. The highest BCUT2D eigenvalue weighted by Crippen LogP contribution is 2.11. The molecule has 150 valence electrons. The zero-order valence-corrected chi connectivity index (χ0v) is 17.3. The van der Waals surface area contributed by atoms with Crippen molar-refractivity contribution in [1.82, 2.24) is 14.5 Å². The Morgan fingerprint density at radius 1 is 0.964 bits per heavy atom. The van der Waals surface area contributed by atoms with Gasteiger partial charge in [-0.05, 0) is 36.9 Å². The lowest BCUT2D eigenvalue weighted by atomic mass is 10.1. The van der Waals surface area contributed by atoms with Crippen LogP contribution in [-0.4, -0.2) is 51.2 Å². The molecule has 0 saturated carbocycles. The predicted molar refractivity (Wildman–Crippen MR) is 113 cm³/mol. The van der Waals surface area contributed by atoms with E-state index in [4.69, 9.17) is 0 Å². The van der Waals surface area contributed by atoms with E-state index in [2.05, 4.69) is 10.2 Å². The first-order valence-electron chi connectivity index (χ1n) is 8.95. The second kappa shape index (κ2) is 10.2. The molecule has 0 bridgehead atoms. The number of nitrogens with one attached hydrogen (secondary N) is 1. The van der Waals surface area contributed by atoms with Crippen molar-refractivity contribution < 1.29 is 13.2 Å². The second-order valence-corrected chi connectivity index (χ2v) is 8.72. The Kier molecular flexibility index (Phi) is 7.92. The number of sulfonamides is 1. The number of hydrogen-bond donors (Lipinski definition) is 1. The lowest BCUT2D eigenvalue weighted by Gasteiger charge is -2.16. The van der Waals surface area contributed by atoms with Gasteiger partial charge in [0.1, 0.15) is 0 Å². The summed E-state index contributed by atoms with van der Waals surface area (Å²) in [6, 6.07) is 17.0. The van der Waals surface area contributed by atoms with Gasteiger partial charge in [0, 0.05) is 25.5 Å². The molecule has 0 atom stereocenters. The molecule has 7 heteroatoms. The number of likely N-dealkylation sites (N-methyl/N-ethyl adjacent to an activating group) is 1. The van der Waals surface area contributed by atoms with Crippen LogP contribution in [0.15, 0.2) is 60.0 Å². The van der Waals surface area contributed by atoms with Crippen molar-refractivity contribution in [1.29, 1.82) is 0 Å². The van der Waals surface area contributed by atoms with Crippen LogP contribution in [0.2, 0.25) is 0 Å². The summed E-state index contributed by atoms with van der Waals surface area (Å²) < 4.78 is 25.7. The first-order valence-corrected chi connectivity index (χ1v) is 10.5.